The topological polar surface area (TPSA) is 51.0 Å². The lowest BCUT2D eigenvalue weighted by molar-refractivity contribution is 0.369. The summed E-state index contributed by atoms with van der Waals surface area (Å²) in [6, 6.07) is 0.513. The molecule has 0 radical (unpaired) electrons. The normalized spacial score (nSPS) is 23.0. The summed E-state index contributed by atoms with van der Waals surface area (Å²) in [6.45, 7) is 2.74. The minimum atomic E-state index is 0.513. The third-order valence-electron chi connectivity index (χ3n) is 3.07. The average molecular weight is 235 g/mol. The summed E-state index contributed by atoms with van der Waals surface area (Å²) in [6.07, 6.45) is 11.9. The van der Waals surface area contributed by atoms with Crippen LogP contribution in [0.15, 0.2) is 16.7 Å². The van der Waals surface area contributed by atoms with Gasteiger partial charge in [0.2, 0.25) is 5.89 Å². The second kappa shape index (κ2) is 6.55. The van der Waals surface area contributed by atoms with E-state index in [1.165, 1.54) is 32.1 Å². The molecule has 1 N–H and O–H groups in total. The molecular weight excluding hydrogens is 214 g/mol. The lowest BCUT2D eigenvalue weighted by Gasteiger charge is -2.16. The minimum Gasteiger partial charge on any atom is -0.339 e. The maximum Gasteiger partial charge on any atom is 0.227 e. The summed E-state index contributed by atoms with van der Waals surface area (Å²) in [5.41, 5.74) is 0. The SMILES string of the molecule is Cc1noc(CCNC2/C=C/CCCCC2)n1. The zero-order chi connectivity index (χ0) is 11.9. The monoisotopic (exact) mass is 235 g/mol. The van der Waals surface area contributed by atoms with Crippen LogP contribution < -0.4 is 5.32 Å². The van der Waals surface area contributed by atoms with Crippen molar-refractivity contribution in [3.05, 3.63) is 23.9 Å². The van der Waals surface area contributed by atoms with Gasteiger partial charge in [-0.1, -0.05) is 30.2 Å². The van der Waals surface area contributed by atoms with Gasteiger partial charge < -0.3 is 9.84 Å². The van der Waals surface area contributed by atoms with Crippen molar-refractivity contribution >= 4 is 0 Å². The van der Waals surface area contributed by atoms with Crippen molar-refractivity contribution in [2.75, 3.05) is 6.54 Å². The molecule has 17 heavy (non-hydrogen) atoms. The maximum atomic E-state index is 5.08. The zero-order valence-corrected chi connectivity index (χ0v) is 10.5. The highest BCUT2D eigenvalue weighted by atomic mass is 16.5. The van der Waals surface area contributed by atoms with E-state index >= 15 is 0 Å². The average Bonchev–Trinajstić information content (AvgIpc) is 2.67. The highest BCUT2D eigenvalue weighted by molar-refractivity contribution is 4.95. The first kappa shape index (κ1) is 12.3. The second-order valence-electron chi connectivity index (χ2n) is 4.61. The Morgan fingerprint density at radius 1 is 1.41 bits per heavy atom. The number of hydrogen-bond donors (Lipinski definition) is 1. The number of rotatable bonds is 4. The molecule has 0 aromatic carbocycles. The van der Waals surface area contributed by atoms with Crippen LogP contribution in [0.5, 0.6) is 0 Å². The van der Waals surface area contributed by atoms with Crippen molar-refractivity contribution in [3.8, 4) is 0 Å². The summed E-state index contributed by atoms with van der Waals surface area (Å²) in [5, 5.41) is 7.31. The van der Waals surface area contributed by atoms with Crippen molar-refractivity contribution in [2.24, 2.45) is 0 Å². The van der Waals surface area contributed by atoms with E-state index in [1.807, 2.05) is 6.92 Å². The molecule has 1 aromatic rings. The van der Waals surface area contributed by atoms with Gasteiger partial charge in [0, 0.05) is 19.0 Å². The van der Waals surface area contributed by atoms with E-state index in [1.54, 1.807) is 0 Å². The number of hydrogen-bond acceptors (Lipinski definition) is 4. The van der Waals surface area contributed by atoms with E-state index in [0.717, 1.165) is 18.9 Å². The molecule has 4 heteroatoms. The highest BCUT2D eigenvalue weighted by Gasteiger charge is 2.07. The van der Waals surface area contributed by atoms with Gasteiger partial charge in [-0.2, -0.15) is 4.98 Å². The van der Waals surface area contributed by atoms with Gasteiger partial charge in [-0.15, -0.1) is 0 Å². The lowest BCUT2D eigenvalue weighted by atomic mass is 10.0. The highest BCUT2D eigenvalue weighted by Crippen LogP contribution is 2.11. The first-order valence-electron chi connectivity index (χ1n) is 6.54. The Morgan fingerprint density at radius 3 is 3.18 bits per heavy atom. The van der Waals surface area contributed by atoms with Crippen molar-refractivity contribution < 1.29 is 4.52 Å². The third-order valence-corrected chi connectivity index (χ3v) is 3.07. The zero-order valence-electron chi connectivity index (χ0n) is 10.5. The molecule has 1 aliphatic rings. The standard InChI is InChI=1S/C13H21N3O/c1-11-15-13(17-16-11)9-10-14-12-7-5-3-2-4-6-8-12/h5,7,12,14H,2-4,6,8-10H2,1H3/b7-5+. The first-order chi connectivity index (χ1) is 8.34. The van der Waals surface area contributed by atoms with Gasteiger partial charge in [-0.25, -0.2) is 0 Å². The summed E-state index contributed by atoms with van der Waals surface area (Å²) in [7, 11) is 0. The Bertz CT molecular complexity index is 359. The van der Waals surface area contributed by atoms with Crippen molar-refractivity contribution in [1.29, 1.82) is 0 Å². The van der Waals surface area contributed by atoms with Gasteiger partial charge in [0.25, 0.3) is 0 Å². The molecule has 4 nitrogen and oxygen atoms in total. The molecule has 0 fully saturated rings. The fraction of sp³-hybridized carbons (Fsp3) is 0.692. The predicted octanol–water partition coefficient (Wildman–Crippen LogP) is 2.40. The smallest absolute Gasteiger partial charge is 0.227 e. The Morgan fingerprint density at radius 2 is 2.35 bits per heavy atom. The van der Waals surface area contributed by atoms with E-state index in [-0.39, 0.29) is 0 Å². The summed E-state index contributed by atoms with van der Waals surface area (Å²) in [4.78, 5) is 4.19. The molecule has 1 aromatic heterocycles. The van der Waals surface area contributed by atoms with Crippen molar-refractivity contribution in [1.82, 2.24) is 15.5 Å². The number of aromatic nitrogens is 2. The van der Waals surface area contributed by atoms with Crippen LogP contribution in [0.2, 0.25) is 0 Å². The molecule has 1 aliphatic carbocycles. The van der Waals surface area contributed by atoms with Crippen LogP contribution in [0.4, 0.5) is 0 Å². The van der Waals surface area contributed by atoms with Crippen LogP contribution in [0, 0.1) is 6.92 Å². The Kier molecular flexibility index (Phi) is 4.74. The van der Waals surface area contributed by atoms with Crippen LogP contribution in [0.1, 0.15) is 43.8 Å². The fourth-order valence-electron chi connectivity index (χ4n) is 2.14. The largest absolute Gasteiger partial charge is 0.339 e. The molecule has 1 atom stereocenters. The Hall–Kier alpha value is -1.16. The number of nitrogens with one attached hydrogen (secondary N) is 1. The summed E-state index contributed by atoms with van der Waals surface area (Å²) >= 11 is 0. The van der Waals surface area contributed by atoms with Crippen molar-refractivity contribution in [2.45, 2.75) is 51.5 Å². The van der Waals surface area contributed by atoms with Crippen LogP contribution in [0.3, 0.4) is 0 Å². The van der Waals surface area contributed by atoms with E-state index in [2.05, 4.69) is 27.6 Å². The molecule has 0 spiro atoms. The quantitative estimate of drug-likeness (QED) is 0.814. The second-order valence-corrected chi connectivity index (χ2v) is 4.61. The summed E-state index contributed by atoms with van der Waals surface area (Å²) < 4.78 is 5.08. The van der Waals surface area contributed by atoms with Gasteiger partial charge in [0.15, 0.2) is 5.82 Å². The lowest BCUT2D eigenvalue weighted by Crippen LogP contribution is -2.29. The predicted molar refractivity (Wildman–Crippen MR) is 66.8 cm³/mol. The maximum absolute atomic E-state index is 5.08. The molecule has 1 heterocycles. The van der Waals surface area contributed by atoms with Crippen molar-refractivity contribution in [3.63, 3.8) is 0 Å². The number of aryl methyl sites for hydroxylation is 1. The molecule has 2 rings (SSSR count). The van der Waals surface area contributed by atoms with Gasteiger partial charge in [0.05, 0.1) is 0 Å². The summed E-state index contributed by atoms with van der Waals surface area (Å²) in [5.74, 6) is 1.44. The van der Waals surface area contributed by atoms with Gasteiger partial charge >= 0.3 is 0 Å². The van der Waals surface area contributed by atoms with Gasteiger partial charge in [0.1, 0.15) is 0 Å². The molecule has 94 valence electrons. The van der Waals surface area contributed by atoms with Crippen LogP contribution in [-0.2, 0) is 6.42 Å². The van der Waals surface area contributed by atoms with Gasteiger partial charge in [-0.3, -0.25) is 0 Å². The molecule has 0 saturated heterocycles. The van der Waals surface area contributed by atoms with Crippen LogP contribution >= 0.6 is 0 Å². The first-order valence-corrected chi connectivity index (χ1v) is 6.54. The van der Waals surface area contributed by atoms with Crippen LogP contribution in [0.25, 0.3) is 0 Å². The molecular formula is C13H21N3O. The van der Waals surface area contributed by atoms with E-state index < -0.39 is 0 Å². The van der Waals surface area contributed by atoms with Crippen LogP contribution in [-0.4, -0.2) is 22.7 Å². The molecule has 0 amide bonds. The van der Waals surface area contributed by atoms with E-state index in [0.29, 0.717) is 11.9 Å². The van der Waals surface area contributed by atoms with E-state index in [4.69, 9.17) is 4.52 Å². The molecule has 1 unspecified atom stereocenters. The molecule has 0 aliphatic heterocycles. The molecule has 0 bridgehead atoms. The Labute approximate surface area is 102 Å². The molecule has 0 saturated carbocycles. The fourth-order valence-corrected chi connectivity index (χ4v) is 2.14. The minimum absolute atomic E-state index is 0.513. The number of allylic oxidation sites excluding steroid dienone is 1. The third kappa shape index (κ3) is 4.30. The van der Waals surface area contributed by atoms with E-state index in [9.17, 15) is 0 Å². The Balaban J connectivity index is 1.71. The number of nitrogens with zero attached hydrogens (tertiary/aromatic N) is 2. The van der Waals surface area contributed by atoms with Gasteiger partial charge in [-0.05, 0) is 26.2 Å².